The molecule has 1 rings (SSSR count). The molecule has 2 amide bonds. The Morgan fingerprint density at radius 3 is 2.73 bits per heavy atom. The van der Waals surface area contributed by atoms with Crippen LogP contribution in [0.1, 0.15) is 12.1 Å². The van der Waals surface area contributed by atoms with Crippen molar-refractivity contribution in [2.45, 2.75) is 13.3 Å². The number of amides is 2. The van der Waals surface area contributed by atoms with E-state index in [1.165, 1.54) is 4.90 Å². The van der Waals surface area contributed by atoms with E-state index in [1.807, 2.05) is 20.0 Å². The van der Waals surface area contributed by atoms with Crippen molar-refractivity contribution < 1.29 is 4.79 Å². The van der Waals surface area contributed by atoms with Gasteiger partial charge in [0.25, 0.3) is 0 Å². The minimum absolute atomic E-state index is 0.499. The third kappa shape index (κ3) is 2.69. The molecular formula is C9H17N5O. The van der Waals surface area contributed by atoms with E-state index in [1.54, 1.807) is 4.68 Å². The van der Waals surface area contributed by atoms with E-state index in [9.17, 15) is 4.79 Å². The Labute approximate surface area is 88.8 Å². The van der Waals surface area contributed by atoms with E-state index in [0.717, 1.165) is 5.69 Å². The topological polar surface area (TPSA) is 90.2 Å². The van der Waals surface area contributed by atoms with Gasteiger partial charge in [0.15, 0.2) is 5.82 Å². The highest BCUT2D eigenvalue weighted by Crippen LogP contribution is 2.13. The molecule has 0 aliphatic heterocycles. The average Bonchev–Trinajstić information content (AvgIpc) is 2.47. The smallest absolute Gasteiger partial charge is 0.320 e. The van der Waals surface area contributed by atoms with Gasteiger partial charge in [-0.15, -0.1) is 0 Å². The Kier molecular flexibility index (Phi) is 3.68. The SMILES string of the molecule is Cc1cc(N(CCCN)C(N)=O)nn1C. The molecule has 6 heteroatoms. The zero-order valence-electron chi connectivity index (χ0n) is 9.10. The van der Waals surface area contributed by atoms with Gasteiger partial charge in [-0.25, -0.2) is 4.79 Å². The molecule has 0 radical (unpaired) electrons. The minimum Gasteiger partial charge on any atom is -0.351 e. The van der Waals surface area contributed by atoms with Gasteiger partial charge in [-0.3, -0.25) is 9.58 Å². The molecule has 0 aliphatic carbocycles. The van der Waals surface area contributed by atoms with E-state index < -0.39 is 6.03 Å². The lowest BCUT2D eigenvalue weighted by molar-refractivity contribution is 0.253. The summed E-state index contributed by atoms with van der Waals surface area (Å²) < 4.78 is 1.70. The lowest BCUT2D eigenvalue weighted by Gasteiger charge is -2.16. The largest absolute Gasteiger partial charge is 0.351 e. The molecule has 0 aromatic carbocycles. The molecular weight excluding hydrogens is 194 g/mol. The van der Waals surface area contributed by atoms with Crippen LogP contribution < -0.4 is 16.4 Å². The first-order chi connectivity index (χ1) is 7.06. The minimum atomic E-state index is -0.499. The summed E-state index contributed by atoms with van der Waals surface area (Å²) in [6.45, 7) is 2.94. The third-order valence-electron chi connectivity index (χ3n) is 2.23. The molecule has 6 nitrogen and oxygen atoms in total. The molecule has 0 fully saturated rings. The summed E-state index contributed by atoms with van der Waals surface area (Å²) in [6.07, 6.45) is 0.707. The lowest BCUT2D eigenvalue weighted by atomic mass is 10.3. The fourth-order valence-electron chi connectivity index (χ4n) is 1.26. The highest BCUT2D eigenvalue weighted by atomic mass is 16.2. The van der Waals surface area contributed by atoms with Crippen molar-refractivity contribution >= 4 is 11.8 Å². The number of aromatic nitrogens is 2. The molecule has 0 bridgehead atoms. The van der Waals surface area contributed by atoms with Gasteiger partial charge >= 0.3 is 6.03 Å². The third-order valence-corrected chi connectivity index (χ3v) is 2.23. The number of carbonyl (C=O) groups is 1. The Bertz CT molecular complexity index is 327. The van der Waals surface area contributed by atoms with E-state index >= 15 is 0 Å². The molecule has 0 aliphatic rings. The van der Waals surface area contributed by atoms with Crippen molar-refractivity contribution in [3.05, 3.63) is 11.8 Å². The molecule has 0 unspecified atom stereocenters. The molecule has 1 aromatic heterocycles. The Morgan fingerprint density at radius 2 is 2.33 bits per heavy atom. The number of anilines is 1. The zero-order valence-corrected chi connectivity index (χ0v) is 9.10. The lowest BCUT2D eigenvalue weighted by Crippen LogP contribution is -2.37. The average molecular weight is 211 g/mol. The van der Waals surface area contributed by atoms with Gasteiger partial charge in [-0.05, 0) is 19.9 Å². The Balaban J connectivity index is 2.84. The van der Waals surface area contributed by atoms with Crippen LogP contribution in [0.2, 0.25) is 0 Å². The fraction of sp³-hybridized carbons (Fsp3) is 0.556. The van der Waals surface area contributed by atoms with Gasteiger partial charge in [0, 0.05) is 25.4 Å². The summed E-state index contributed by atoms with van der Waals surface area (Å²) in [7, 11) is 1.82. The molecule has 84 valence electrons. The molecule has 15 heavy (non-hydrogen) atoms. The van der Waals surface area contributed by atoms with Crippen LogP contribution in [0.15, 0.2) is 6.07 Å². The van der Waals surface area contributed by atoms with Gasteiger partial charge in [0.2, 0.25) is 0 Å². The van der Waals surface area contributed by atoms with E-state index in [4.69, 9.17) is 11.5 Å². The number of primary amides is 1. The second-order valence-electron chi connectivity index (χ2n) is 3.40. The highest BCUT2D eigenvalue weighted by molar-refractivity contribution is 5.89. The van der Waals surface area contributed by atoms with Crippen LogP contribution in [-0.2, 0) is 7.05 Å². The maximum Gasteiger partial charge on any atom is 0.320 e. The predicted molar refractivity (Wildman–Crippen MR) is 58.5 cm³/mol. The number of nitrogens with zero attached hydrogens (tertiary/aromatic N) is 3. The number of carbonyl (C=O) groups excluding carboxylic acids is 1. The van der Waals surface area contributed by atoms with Crippen molar-refractivity contribution in [1.29, 1.82) is 0 Å². The second-order valence-corrected chi connectivity index (χ2v) is 3.40. The summed E-state index contributed by atoms with van der Waals surface area (Å²) in [5.74, 6) is 0.580. The monoisotopic (exact) mass is 211 g/mol. The first kappa shape index (κ1) is 11.5. The number of nitrogens with two attached hydrogens (primary N) is 2. The van der Waals surface area contributed by atoms with Crippen molar-refractivity contribution in [2.24, 2.45) is 18.5 Å². The molecule has 1 aromatic rings. The predicted octanol–water partition coefficient (Wildman–Crippen LogP) is -0.0376. The van der Waals surface area contributed by atoms with E-state index in [0.29, 0.717) is 25.3 Å². The first-order valence-corrected chi connectivity index (χ1v) is 4.84. The molecule has 4 N–H and O–H groups in total. The van der Waals surface area contributed by atoms with Gasteiger partial charge < -0.3 is 11.5 Å². The van der Waals surface area contributed by atoms with Crippen LogP contribution in [-0.4, -0.2) is 28.9 Å². The van der Waals surface area contributed by atoms with Crippen LogP contribution in [0.25, 0.3) is 0 Å². The normalized spacial score (nSPS) is 10.3. The van der Waals surface area contributed by atoms with E-state index in [2.05, 4.69) is 5.10 Å². The van der Waals surface area contributed by atoms with Crippen LogP contribution in [0.3, 0.4) is 0 Å². The number of urea groups is 1. The van der Waals surface area contributed by atoms with Crippen molar-refractivity contribution in [3.63, 3.8) is 0 Å². The summed E-state index contributed by atoms with van der Waals surface area (Å²) >= 11 is 0. The van der Waals surface area contributed by atoms with Gasteiger partial charge in [-0.2, -0.15) is 5.10 Å². The van der Waals surface area contributed by atoms with Crippen molar-refractivity contribution in [3.8, 4) is 0 Å². The van der Waals surface area contributed by atoms with Crippen LogP contribution >= 0.6 is 0 Å². The maximum atomic E-state index is 11.2. The van der Waals surface area contributed by atoms with Crippen LogP contribution in [0, 0.1) is 6.92 Å². The van der Waals surface area contributed by atoms with Crippen molar-refractivity contribution in [1.82, 2.24) is 9.78 Å². The van der Waals surface area contributed by atoms with Crippen LogP contribution in [0.4, 0.5) is 10.6 Å². The number of hydrogen-bond donors (Lipinski definition) is 2. The molecule has 0 saturated heterocycles. The second kappa shape index (κ2) is 4.79. The maximum absolute atomic E-state index is 11.2. The number of aryl methyl sites for hydroxylation is 2. The molecule has 0 saturated carbocycles. The fourth-order valence-corrected chi connectivity index (χ4v) is 1.26. The Morgan fingerprint density at radius 1 is 1.67 bits per heavy atom. The van der Waals surface area contributed by atoms with Gasteiger partial charge in [0.05, 0.1) is 0 Å². The summed E-state index contributed by atoms with van der Waals surface area (Å²) in [6, 6.07) is 1.32. The summed E-state index contributed by atoms with van der Waals surface area (Å²) in [4.78, 5) is 12.6. The standard InChI is InChI=1S/C9H17N5O/c1-7-6-8(12-13(7)2)14(9(11)15)5-3-4-10/h6H,3-5,10H2,1-2H3,(H2,11,15). The summed E-state index contributed by atoms with van der Waals surface area (Å²) in [5, 5.41) is 4.19. The zero-order chi connectivity index (χ0) is 11.4. The number of hydrogen-bond acceptors (Lipinski definition) is 3. The van der Waals surface area contributed by atoms with E-state index in [-0.39, 0.29) is 0 Å². The molecule has 0 atom stereocenters. The molecule has 0 spiro atoms. The van der Waals surface area contributed by atoms with Gasteiger partial charge in [-0.1, -0.05) is 0 Å². The van der Waals surface area contributed by atoms with Crippen LogP contribution in [0.5, 0.6) is 0 Å². The first-order valence-electron chi connectivity index (χ1n) is 4.84. The van der Waals surface area contributed by atoms with Gasteiger partial charge in [0.1, 0.15) is 0 Å². The Hall–Kier alpha value is -1.56. The quantitative estimate of drug-likeness (QED) is 0.732. The van der Waals surface area contributed by atoms with Crippen molar-refractivity contribution in [2.75, 3.05) is 18.0 Å². The molecule has 1 heterocycles. The highest BCUT2D eigenvalue weighted by Gasteiger charge is 2.15. The summed E-state index contributed by atoms with van der Waals surface area (Å²) in [5.41, 5.74) is 11.6. The number of rotatable bonds is 4.